The molecule has 0 fully saturated rings. The normalized spacial score (nSPS) is 10.5. The van der Waals surface area contributed by atoms with E-state index < -0.39 is 0 Å². The van der Waals surface area contributed by atoms with Crippen LogP contribution in [-0.4, -0.2) is 22.5 Å². The minimum Gasteiger partial charge on any atom is -0.466 e. The summed E-state index contributed by atoms with van der Waals surface area (Å²) in [4.78, 5) is 20.3. The van der Waals surface area contributed by atoms with Crippen molar-refractivity contribution in [3.63, 3.8) is 0 Å². The minimum absolute atomic E-state index is 0.00787. The number of pyridine rings is 1. The Bertz CT molecular complexity index is 726. The Morgan fingerprint density at radius 1 is 1.13 bits per heavy atom. The molecule has 2 heterocycles. The third-order valence-corrected chi connectivity index (χ3v) is 3.24. The van der Waals surface area contributed by atoms with Crippen LogP contribution in [0.4, 0.5) is 0 Å². The number of oxazole rings is 1. The zero-order chi connectivity index (χ0) is 16.1. The Balaban J connectivity index is 2.02. The molecule has 1 aromatic carbocycles. The molecule has 3 rings (SSSR count). The van der Waals surface area contributed by atoms with Gasteiger partial charge in [-0.15, -0.1) is 0 Å². The van der Waals surface area contributed by atoms with Gasteiger partial charge in [-0.25, -0.2) is 4.98 Å². The molecular weight excluding hydrogens is 292 g/mol. The van der Waals surface area contributed by atoms with Gasteiger partial charge in [-0.05, 0) is 19.1 Å². The van der Waals surface area contributed by atoms with Crippen molar-refractivity contribution in [3.05, 3.63) is 60.7 Å². The predicted octanol–water partition coefficient (Wildman–Crippen LogP) is 3.51. The van der Waals surface area contributed by atoms with E-state index in [1.54, 1.807) is 19.3 Å². The summed E-state index contributed by atoms with van der Waals surface area (Å²) in [6.45, 7) is 2.10. The van der Waals surface area contributed by atoms with Gasteiger partial charge in [0.2, 0.25) is 5.89 Å². The fraction of sp³-hybridized carbons (Fsp3) is 0.167. The van der Waals surface area contributed by atoms with Crippen LogP contribution in [0.15, 0.2) is 59.3 Å². The quantitative estimate of drug-likeness (QED) is 0.675. The van der Waals surface area contributed by atoms with Gasteiger partial charge >= 0.3 is 5.97 Å². The molecule has 0 amide bonds. The lowest BCUT2D eigenvalue weighted by molar-refractivity contribution is -0.142. The summed E-state index contributed by atoms with van der Waals surface area (Å²) in [7, 11) is 0. The zero-order valence-electron chi connectivity index (χ0n) is 12.7. The maximum Gasteiger partial charge on any atom is 0.315 e. The van der Waals surface area contributed by atoms with Crippen LogP contribution in [0.1, 0.15) is 12.8 Å². The van der Waals surface area contributed by atoms with Crippen molar-refractivity contribution in [2.45, 2.75) is 13.3 Å². The van der Waals surface area contributed by atoms with Crippen LogP contribution in [0.3, 0.4) is 0 Å². The molecule has 0 saturated carbocycles. The first-order valence-corrected chi connectivity index (χ1v) is 7.39. The van der Waals surface area contributed by atoms with Crippen molar-refractivity contribution in [1.82, 2.24) is 9.97 Å². The van der Waals surface area contributed by atoms with Gasteiger partial charge < -0.3 is 9.15 Å². The van der Waals surface area contributed by atoms with Crippen LogP contribution < -0.4 is 0 Å². The third kappa shape index (κ3) is 3.45. The van der Waals surface area contributed by atoms with Gasteiger partial charge in [0.05, 0.1) is 6.61 Å². The van der Waals surface area contributed by atoms with Gasteiger partial charge in [-0.3, -0.25) is 9.78 Å². The number of hydrogen-bond donors (Lipinski definition) is 0. The first kappa shape index (κ1) is 15.0. The summed E-state index contributed by atoms with van der Waals surface area (Å²) >= 11 is 0. The average molecular weight is 308 g/mol. The summed E-state index contributed by atoms with van der Waals surface area (Å²) in [5.41, 5.74) is 2.43. The fourth-order valence-corrected chi connectivity index (χ4v) is 2.26. The van der Waals surface area contributed by atoms with Gasteiger partial charge in [-0.1, -0.05) is 30.3 Å². The zero-order valence-corrected chi connectivity index (χ0v) is 12.7. The Morgan fingerprint density at radius 2 is 1.91 bits per heavy atom. The molecule has 23 heavy (non-hydrogen) atoms. The number of ether oxygens (including phenoxy) is 1. The highest BCUT2D eigenvalue weighted by atomic mass is 16.5. The van der Waals surface area contributed by atoms with Crippen LogP contribution >= 0.6 is 0 Å². The summed E-state index contributed by atoms with van der Waals surface area (Å²) < 4.78 is 10.8. The molecule has 5 heteroatoms. The number of carbonyl (C=O) groups excluding carboxylic acids is 1. The molecule has 0 bridgehead atoms. The molecule has 5 nitrogen and oxygen atoms in total. The number of hydrogen-bond acceptors (Lipinski definition) is 5. The lowest BCUT2D eigenvalue weighted by Gasteiger charge is -2.00. The molecule has 0 saturated heterocycles. The van der Waals surface area contributed by atoms with Crippen molar-refractivity contribution in [2.75, 3.05) is 6.61 Å². The largest absolute Gasteiger partial charge is 0.466 e. The second kappa shape index (κ2) is 6.87. The van der Waals surface area contributed by atoms with Crippen LogP contribution in [0.5, 0.6) is 0 Å². The average Bonchev–Trinajstić information content (AvgIpc) is 3.00. The SMILES string of the molecule is CCOC(=O)Cc1nc(-c2ccccc2)c(-c2cccnc2)o1. The predicted molar refractivity (Wildman–Crippen MR) is 85.5 cm³/mol. The lowest BCUT2D eigenvalue weighted by atomic mass is 10.1. The number of carbonyl (C=O) groups is 1. The first-order chi connectivity index (χ1) is 11.3. The molecule has 0 unspecified atom stereocenters. The summed E-state index contributed by atoms with van der Waals surface area (Å²) in [5, 5.41) is 0. The van der Waals surface area contributed by atoms with Crippen molar-refractivity contribution >= 4 is 5.97 Å². The van der Waals surface area contributed by atoms with Crippen molar-refractivity contribution in [2.24, 2.45) is 0 Å². The molecule has 0 aliphatic rings. The Kier molecular flexibility index (Phi) is 4.47. The van der Waals surface area contributed by atoms with E-state index in [4.69, 9.17) is 9.15 Å². The highest BCUT2D eigenvalue weighted by Gasteiger charge is 2.19. The van der Waals surface area contributed by atoms with Crippen molar-refractivity contribution < 1.29 is 13.9 Å². The number of esters is 1. The summed E-state index contributed by atoms with van der Waals surface area (Å²) in [6, 6.07) is 13.4. The minimum atomic E-state index is -0.355. The number of rotatable bonds is 5. The van der Waals surface area contributed by atoms with Crippen molar-refractivity contribution in [3.8, 4) is 22.6 Å². The number of benzene rings is 1. The van der Waals surface area contributed by atoms with E-state index in [1.807, 2.05) is 42.5 Å². The van der Waals surface area contributed by atoms with Crippen LogP contribution in [0.25, 0.3) is 22.6 Å². The fourth-order valence-electron chi connectivity index (χ4n) is 2.26. The van der Waals surface area contributed by atoms with E-state index in [0.29, 0.717) is 24.0 Å². The van der Waals surface area contributed by atoms with E-state index in [1.165, 1.54) is 0 Å². The molecule has 2 aromatic heterocycles. The monoisotopic (exact) mass is 308 g/mol. The molecule has 0 aliphatic heterocycles. The second-order valence-corrected chi connectivity index (χ2v) is 4.87. The van der Waals surface area contributed by atoms with Gasteiger partial charge in [0.1, 0.15) is 12.1 Å². The van der Waals surface area contributed by atoms with Gasteiger partial charge in [0, 0.05) is 23.5 Å². The molecule has 0 spiro atoms. The smallest absolute Gasteiger partial charge is 0.315 e. The molecule has 0 atom stereocenters. The van der Waals surface area contributed by atoms with Crippen LogP contribution in [-0.2, 0) is 16.0 Å². The van der Waals surface area contributed by atoms with E-state index in [9.17, 15) is 4.79 Å². The Labute approximate surface area is 134 Å². The Morgan fingerprint density at radius 3 is 2.61 bits per heavy atom. The molecule has 3 aromatic rings. The van der Waals surface area contributed by atoms with E-state index >= 15 is 0 Å². The van der Waals surface area contributed by atoms with Gasteiger partial charge in [-0.2, -0.15) is 0 Å². The molecule has 0 radical (unpaired) electrons. The summed E-state index contributed by atoms with van der Waals surface area (Å²) in [6.07, 6.45) is 3.41. The second-order valence-electron chi connectivity index (χ2n) is 4.87. The number of nitrogens with zero attached hydrogens (tertiary/aromatic N) is 2. The Hall–Kier alpha value is -2.95. The molecule has 0 aliphatic carbocycles. The van der Waals surface area contributed by atoms with Crippen LogP contribution in [0.2, 0.25) is 0 Å². The maximum absolute atomic E-state index is 11.7. The highest BCUT2D eigenvalue weighted by molar-refractivity contribution is 5.77. The van der Waals surface area contributed by atoms with Gasteiger partial charge in [0.15, 0.2) is 5.76 Å². The molecule has 0 N–H and O–H groups in total. The molecular formula is C18H16N2O3. The highest BCUT2D eigenvalue weighted by Crippen LogP contribution is 2.32. The lowest BCUT2D eigenvalue weighted by Crippen LogP contribution is -2.07. The van der Waals surface area contributed by atoms with E-state index in [2.05, 4.69) is 9.97 Å². The van der Waals surface area contributed by atoms with Crippen molar-refractivity contribution in [1.29, 1.82) is 0 Å². The first-order valence-electron chi connectivity index (χ1n) is 7.39. The standard InChI is InChI=1S/C18H16N2O3/c1-2-22-16(21)11-15-20-17(13-7-4-3-5-8-13)18(23-15)14-9-6-10-19-12-14/h3-10,12H,2,11H2,1H3. The van der Waals surface area contributed by atoms with E-state index in [0.717, 1.165) is 11.1 Å². The topological polar surface area (TPSA) is 65.2 Å². The van der Waals surface area contributed by atoms with E-state index in [-0.39, 0.29) is 12.4 Å². The maximum atomic E-state index is 11.7. The third-order valence-electron chi connectivity index (χ3n) is 3.24. The molecule has 116 valence electrons. The number of aromatic nitrogens is 2. The summed E-state index contributed by atoms with van der Waals surface area (Å²) in [5.74, 6) is 0.579. The van der Waals surface area contributed by atoms with Crippen LogP contribution in [0, 0.1) is 0 Å². The van der Waals surface area contributed by atoms with Gasteiger partial charge in [0.25, 0.3) is 0 Å².